The van der Waals surface area contributed by atoms with Crippen LogP contribution in [0.1, 0.15) is 23.2 Å². The van der Waals surface area contributed by atoms with Gasteiger partial charge in [0.1, 0.15) is 6.10 Å². The van der Waals surface area contributed by atoms with Crippen LogP contribution in [-0.2, 0) is 9.53 Å². The molecule has 2 amide bonds. The maximum Gasteiger partial charge on any atom is 0.253 e. The van der Waals surface area contributed by atoms with Gasteiger partial charge in [-0.05, 0) is 31.0 Å². The average Bonchev–Trinajstić information content (AvgIpc) is 2.88. The van der Waals surface area contributed by atoms with E-state index in [1.807, 2.05) is 0 Å². The third kappa shape index (κ3) is 3.30. The fraction of sp³-hybridized carbons (Fsp3) is 0.385. The highest BCUT2D eigenvalue weighted by atomic mass is 16.5. The highest BCUT2D eigenvalue weighted by Crippen LogP contribution is 2.20. The van der Waals surface area contributed by atoms with E-state index in [9.17, 15) is 9.59 Å². The largest absolute Gasteiger partial charge is 0.366 e. The van der Waals surface area contributed by atoms with Crippen molar-refractivity contribution in [1.82, 2.24) is 0 Å². The smallest absolute Gasteiger partial charge is 0.253 e. The molecule has 6 heteroatoms. The summed E-state index contributed by atoms with van der Waals surface area (Å²) in [6, 6.07) is 6.48. The number of carbonyl (C=O) groups is 2. The Labute approximate surface area is 111 Å². The van der Waals surface area contributed by atoms with Crippen molar-refractivity contribution < 1.29 is 14.3 Å². The van der Waals surface area contributed by atoms with E-state index in [0.29, 0.717) is 24.2 Å². The molecule has 1 aromatic rings. The quantitative estimate of drug-likeness (QED) is 0.722. The molecule has 5 N–H and O–H groups in total. The molecule has 6 nitrogen and oxygen atoms in total. The minimum Gasteiger partial charge on any atom is -0.366 e. The van der Waals surface area contributed by atoms with Gasteiger partial charge in [-0.25, -0.2) is 0 Å². The van der Waals surface area contributed by atoms with Gasteiger partial charge >= 0.3 is 0 Å². The van der Waals surface area contributed by atoms with Crippen LogP contribution in [0.5, 0.6) is 0 Å². The summed E-state index contributed by atoms with van der Waals surface area (Å²) in [7, 11) is 0. The molecule has 0 radical (unpaired) electrons. The van der Waals surface area contributed by atoms with Gasteiger partial charge in [-0.2, -0.15) is 0 Å². The topological polar surface area (TPSA) is 107 Å². The van der Waals surface area contributed by atoms with E-state index in [4.69, 9.17) is 16.2 Å². The van der Waals surface area contributed by atoms with E-state index in [1.54, 1.807) is 18.2 Å². The Morgan fingerprint density at radius 2 is 2.16 bits per heavy atom. The Balaban J connectivity index is 1.99. The van der Waals surface area contributed by atoms with E-state index in [-0.39, 0.29) is 12.0 Å². The Morgan fingerprint density at radius 1 is 1.37 bits per heavy atom. The molecule has 2 rings (SSSR count). The number of ether oxygens (including phenoxy) is 1. The van der Waals surface area contributed by atoms with Crippen LogP contribution in [0.25, 0.3) is 0 Å². The molecular weight excluding hydrogens is 246 g/mol. The summed E-state index contributed by atoms with van der Waals surface area (Å²) >= 11 is 0. The van der Waals surface area contributed by atoms with E-state index in [2.05, 4.69) is 5.32 Å². The van der Waals surface area contributed by atoms with E-state index < -0.39 is 12.0 Å². The molecule has 1 aromatic carbocycles. The third-order valence-electron chi connectivity index (χ3n) is 3.08. The third-order valence-corrected chi connectivity index (χ3v) is 3.08. The number of nitrogens with two attached hydrogens (primary N) is 2. The van der Waals surface area contributed by atoms with Gasteiger partial charge in [-0.15, -0.1) is 0 Å². The fourth-order valence-corrected chi connectivity index (χ4v) is 2.04. The molecule has 0 aliphatic carbocycles. The zero-order valence-corrected chi connectivity index (χ0v) is 10.5. The number of anilines is 1. The Morgan fingerprint density at radius 3 is 2.79 bits per heavy atom. The summed E-state index contributed by atoms with van der Waals surface area (Å²) in [4.78, 5) is 23.0. The van der Waals surface area contributed by atoms with Gasteiger partial charge in [0.2, 0.25) is 5.91 Å². The monoisotopic (exact) mass is 263 g/mol. The van der Waals surface area contributed by atoms with Crippen LogP contribution in [0, 0.1) is 0 Å². The molecule has 19 heavy (non-hydrogen) atoms. The minimum atomic E-state index is -0.531. The summed E-state index contributed by atoms with van der Waals surface area (Å²) in [6.45, 7) is 0.418. The van der Waals surface area contributed by atoms with Gasteiger partial charge in [-0.3, -0.25) is 9.59 Å². The molecule has 1 heterocycles. The molecule has 0 spiro atoms. The van der Waals surface area contributed by atoms with Gasteiger partial charge in [0.25, 0.3) is 5.91 Å². The summed E-state index contributed by atoms with van der Waals surface area (Å²) < 4.78 is 5.49. The predicted molar refractivity (Wildman–Crippen MR) is 70.5 cm³/mol. The van der Waals surface area contributed by atoms with Crippen LogP contribution in [0.15, 0.2) is 24.3 Å². The lowest BCUT2D eigenvalue weighted by atomic mass is 10.1. The van der Waals surface area contributed by atoms with Crippen LogP contribution in [0.4, 0.5) is 5.69 Å². The van der Waals surface area contributed by atoms with Crippen molar-refractivity contribution in [3.05, 3.63) is 29.8 Å². The maximum absolute atomic E-state index is 12.0. The molecule has 0 aromatic heterocycles. The van der Waals surface area contributed by atoms with Crippen molar-refractivity contribution in [2.24, 2.45) is 11.5 Å². The molecule has 1 aliphatic heterocycles. The zero-order valence-electron chi connectivity index (χ0n) is 10.5. The molecule has 1 aliphatic rings. The van der Waals surface area contributed by atoms with E-state index >= 15 is 0 Å². The maximum atomic E-state index is 12.0. The molecule has 0 bridgehead atoms. The molecule has 1 fully saturated rings. The first kappa shape index (κ1) is 13.5. The lowest BCUT2D eigenvalue weighted by Crippen LogP contribution is -2.29. The molecule has 1 saturated heterocycles. The van der Waals surface area contributed by atoms with E-state index in [1.165, 1.54) is 6.07 Å². The summed E-state index contributed by atoms with van der Waals surface area (Å²) in [5.74, 6) is -0.756. The Hall–Kier alpha value is -1.92. The van der Waals surface area contributed by atoms with Crippen molar-refractivity contribution >= 4 is 17.5 Å². The first-order valence-corrected chi connectivity index (χ1v) is 6.16. The van der Waals surface area contributed by atoms with Crippen LogP contribution >= 0.6 is 0 Å². The highest BCUT2D eigenvalue weighted by Gasteiger charge is 2.29. The van der Waals surface area contributed by atoms with Crippen molar-refractivity contribution in [3.8, 4) is 0 Å². The van der Waals surface area contributed by atoms with Gasteiger partial charge < -0.3 is 21.5 Å². The van der Waals surface area contributed by atoms with Gasteiger partial charge in [0, 0.05) is 17.8 Å². The van der Waals surface area contributed by atoms with E-state index in [0.717, 1.165) is 6.42 Å². The first-order valence-electron chi connectivity index (χ1n) is 6.16. The second kappa shape index (κ2) is 5.81. The number of hydrogen-bond donors (Lipinski definition) is 3. The van der Waals surface area contributed by atoms with Crippen LogP contribution in [0.2, 0.25) is 0 Å². The average molecular weight is 263 g/mol. The normalized spacial score (nSPS) is 22.2. The molecule has 0 saturated carbocycles. The van der Waals surface area contributed by atoms with Crippen molar-refractivity contribution in [1.29, 1.82) is 0 Å². The number of hydrogen-bond acceptors (Lipinski definition) is 4. The lowest BCUT2D eigenvalue weighted by Gasteiger charge is -2.13. The predicted octanol–water partition coefficient (Wildman–Crippen LogP) is 0.230. The van der Waals surface area contributed by atoms with Crippen molar-refractivity contribution in [3.63, 3.8) is 0 Å². The second-order valence-electron chi connectivity index (χ2n) is 4.49. The number of benzene rings is 1. The SMILES string of the molecule is NCC1CCC(C(=O)Nc2cccc(C(N)=O)c2)O1. The van der Waals surface area contributed by atoms with Gasteiger partial charge in [-0.1, -0.05) is 6.07 Å². The van der Waals surface area contributed by atoms with Crippen LogP contribution < -0.4 is 16.8 Å². The van der Waals surface area contributed by atoms with Crippen LogP contribution in [0.3, 0.4) is 0 Å². The molecular formula is C13H17N3O3. The number of primary amides is 1. The van der Waals surface area contributed by atoms with Gasteiger partial charge in [0.15, 0.2) is 0 Å². The van der Waals surface area contributed by atoms with Gasteiger partial charge in [0.05, 0.1) is 6.10 Å². The highest BCUT2D eigenvalue weighted by molar-refractivity contribution is 5.97. The van der Waals surface area contributed by atoms with Crippen molar-refractivity contribution in [2.45, 2.75) is 25.0 Å². The van der Waals surface area contributed by atoms with Crippen molar-refractivity contribution in [2.75, 3.05) is 11.9 Å². The number of rotatable bonds is 4. The Bertz CT molecular complexity index is 490. The second-order valence-corrected chi connectivity index (χ2v) is 4.49. The fourth-order valence-electron chi connectivity index (χ4n) is 2.04. The molecule has 102 valence electrons. The molecule has 2 unspecified atom stereocenters. The standard InChI is InChI=1S/C13H17N3O3/c14-7-10-4-5-11(19-10)13(18)16-9-3-1-2-8(6-9)12(15)17/h1-3,6,10-11H,4-5,7,14H2,(H2,15,17)(H,16,18). The lowest BCUT2D eigenvalue weighted by molar-refractivity contribution is -0.126. The summed E-state index contributed by atoms with van der Waals surface area (Å²) in [5, 5.41) is 2.71. The number of amides is 2. The minimum absolute atomic E-state index is 0.0484. The first-order chi connectivity index (χ1) is 9.10. The van der Waals surface area contributed by atoms with Crippen LogP contribution in [-0.4, -0.2) is 30.6 Å². The Kier molecular flexibility index (Phi) is 4.13. The molecule has 2 atom stereocenters. The number of carbonyl (C=O) groups excluding carboxylic acids is 2. The number of nitrogens with one attached hydrogen (secondary N) is 1. The summed E-state index contributed by atoms with van der Waals surface area (Å²) in [6.07, 6.45) is 0.914. The zero-order chi connectivity index (χ0) is 13.8. The summed E-state index contributed by atoms with van der Waals surface area (Å²) in [5.41, 5.74) is 11.6.